The Balaban J connectivity index is 2.05. The number of benzene rings is 2. The highest BCUT2D eigenvalue weighted by molar-refractivity contribution is 9.10. The Hall–Kier alpha value is -0.440. The maximum atomic E-state index is 5.94. The standard InChI is InChI=1S/C13H10BrClS/c14-12-6-1-2-7-13(12)16-9-10-4-3-5-11(15)8-10/h1-8H,9H2. The molecule has 2 aromatic carbocycles. The first-order chi connectivity index (χ1) is 7.75. The van der Waals surface area contributed by atoms with E-state index in [1.54, 1.807) is 11.8 Å². The molecule has 0 saturated carbocycles. The molecule has 0 nitrogen and oxygen atoms in total. The van der Waals surface area contributed by atoms with Crippen molar-refractivity contribution in [1.29, 1.82) is 0 Å². The van der Waals surface area contributed by atoms with Crippen LogP contribution in [0.1, 0.15) is 5.56 Å². The molecule has 0 bridgehead atoms. The van der Waals surface area contributed by atoms with Crippen molar-refractivity contribution in [1.82, 2.24) is 0 Å². The van der Waals surface area contributed by atoms with Crippen molar-refractivity contribution in [3.63, 3.8) is 0 Å². The molecule has 0 unspecified atom stereocenters. The van der Waals surface area contributed by atoms with Gasteiger partial charge in [-0.3, -0.25) is 0 Å². The summed E-state index contributed by atoms with van der Waals surface area (Å²) in [7, 11) is 0. The van der Waals surface area contributed by atoms with Crippen LogP contribution in [0.5, 0.6) is 0 Å². The van der Waals surface area contributed by atoms with E-state index in [9.17, 15) is 0 Å². The quantitative estimate of drug-likeness (QED) is 0.684. The SMILES string of the molecule is Clc1cccc(CSc2ccccc2Br)c1. The monoisotopic (exact) mass is 312 g/mol. The van der Waals surface area contributed by atoms with Gasteiger partial charge in [0, 0.05) is 20.1 Å². The van der Waals surface area contributed by atoms with Crippen LogP contribution in [0, 0.1) is 0 Å². The van der Waals surface area contributed by atoms with Crippen LogP contribution in [-0.2, 0) is 5.75 Å². The van der Waals surface area contributed by atoms with Crippen molar-refractivity contribution in [2.75, 3.05) is 0 Å². The number of halogens is 2. The molecule has 0 aliphatic rings. The van der Waals surface area contributed by atoms with Crippen LogP contribution in [0.25, 0.3) is 0 Å². The molecule has 0 atom stereocenters. The van der Waals surface area contributed by atoms with E-state index in [2.05, 4.69) is 34.1 Å². The van der Waals surface area contributed by atoms with Gasteiger partial charge < -0.3 is 0 Å². The van der Waals surface area contributed by atoms with Gasteiger partial charge in [0.1, 0.15) is 0 Å². The summed E-state index contributed by atoms with van der Waals surface area (Å²) >= 11 is 11.3. The van der Waals surface area contributed by atoms with E-state index in [0.717, 1.165) is 15.2 Å². The van der Waals surface area contributed by atoms with E-state index >= 15 is 0 Å². The minimum Gasteiger partial charge on any atom is -0.120 e. The molecule has 0 spiro atoms. The maximum absolute atomic E-state index is 5.94. The minimum atomic E-state index is 0.797. The molecule has 0 heterocycles. The van der Waals surface area contributed by atoms with Gasteiger partial charge in [0.05, 0.1) is 0 Å². The van der Waals surface area contributed by atoms with Crippen molar-refractivity contribution in [3.8, 4) is 0 Å². The molecule has 82 valence electrons. The topological polar surface area (TPSA) is 0 Å². The van der Waals surface area contributed by atoms with Crippen molar-refractivity contribution in [2.45, 2.75) is 10.6 Å². The summed E-state index contributed by atoms with van der Waals surface area (Å²) in [5.41, 5.74) is 1.24. The highest BCUT2D eigenvalue weighted by atomic mass is 79.9. The molecule has 3 heteroatoms. The molecule has 2 rings (SSSR count). The van der Waals surface area contributed by atoms with Crippen LogP contribution in [0.4, 0.5) is 0 Å². The molecule has 0 saturated heterocycles. The zero-order chi connectivity index (χ0) is 11.4. The first-order valence-electron chi connectivity index (χ1n) is 4.87. The summed E-state index contributed by atoms with van der Waals surface area (Å²) in [5.74, 6) is 0.934. The minimum absolute atomic E-state index is 0.797. The Kier molecular flexibility index (Phi) is 4.33. The molecule has 0 fully saturated rings. The third kappa shape index (κ3) is 3.27. The fraction of sp³-hybridized carbons (Fsp3) is 0.0769. The zero-order valence-electron chi connectivity index (χ0n) is 8.49. The third-order valence-corrected chi connectivity index (χ3v) is 4.45. The van der Waals surface area contributed by atoms with Gasteiger partial charge in [0.25, 0.3) is 0 Å². The van der Waals surface area contributed by atoms with Crippen LogP contribution < -0.4 is 0 Å². The van der Waals surface area contributed by atoms with Gasteiger partial charge in [0.2, 0.25) is 0 Å². The molecular formula is C13H10BrClS. The van der Waals surface area contributed by atoms with Gasteiger partial charge in [-0.25, -0.2) is 0 Å². The third-order valence-electron chi connectivity index (χ3n) is 2.12. The van der Waals surface area contributed by atoms with Crippen LogP contribution in [-0.4, -0.2) is 0 Å². The van der Waals surface area contributed by atoms with E-state index in [1.165, 1.54) is 10.5 Å². The molecular weight excluding hydrogens is 304 g/mol. The summed E-state index contributed by atoms with van der Waals surface area (Å²) in [4.78, 5) is 1.25. The molecule has 0 radical (unpaired) electrons. The number of thioether (sulfide) groups is 1. The lowest BCUT2D eigenvalue weighted by atomic mass is 10.2. The van der Waals surface area contributed by atoms with Crippen molar-refractivity contribution >= 4 is 39.3 Å². The Morgan fingerprint density at radius 2 is 1.88 bits per heavy atom. The predicted octanol–water partition coefficient (Wildman–Crippen LogP) is 5.39. The van der Waals surface area contributed by atoms with Crippen LogP contribution in [0.2, 0.25) is 5.02 Å². The van der Waals surface area contributed by atoms with E-state index in [1.807, 2.05) is 30.3 Å². The summed E-state index contributed by atoms with van der Waals surface area (Å²) in [6.07, 6.45) is 0. The van der Waals surface area contributed by atoms with E-state index in [-0.39, 0.29) is 0 Å². The van der Waals surface area contributed by atoms with Crippen molar-refractivity contribution < 1.29 is 0 Å². The fourth-order valence-corrected chi connectivity index (χ4v) is 3.07. The molecule has 0 aromatic heterocycles. The molecule has 0 aliphatic heterocycles. The molecule has 0 amide bonds. The van der Waals surface area contributed by atoms with Crippen LogP contribution >= 0.6 is 39.3 Å². The van der Waals surface area contributed by atoms with E-state index in [0.29, 0.717) is 0 Å². The van der Waals surface area contributed by atoms with Crippen molar-refractivity contribution in [2.24, 2.45) is 0 Å². The van der Waals surface area contributed by atoms with Gasteiger partial charge in [-0.05, 0) is 45.8 Å². The first kappa shape index (κ1) is 12.0. The lowest BCUT2D eigenvalue weighted by molar-refractivity contribution is 1.36. The van der Waals surface area contributed by atoms with Gasteiger partial charge in [-0.1, -0.05) is 35.9 Å². The second-order valence-corrected chi connectivity index (χ2v) is 5.66. The fourth-order valence-electron chi connectivity index (χ4n) is 1.35. The number of rotatable bonds is 3. The zero-order valence-corrected chi connectivity index (χ0v) is 11.6. The first-order valence-corrected chi connectivity index (χ1v) is 7.03. The lowest BCUT2D eigenvalue weighted by Crippen LogP contribution is -1.81. The Morgan fingerprint density at radius 1 is 1.06 bits per heavy atom. The highest BCUT2D eigenvalue weighted by Gasteiger charge is 2.00. The summed E-state index contributed by atoms with van der Waals surface area (Å²) in [6.45, 7) is 0. The second kappa shape index (κ2) is 5.76. The predicted molar refractivity (Wildman–Crippen MR) is 75.2 cm³/mol. The Bertz CT molecular complexity index is 485. The van der Waals surface area contributed by atoms with Gasteiger partial charge in [0.15, 0.2) is 0 Å². The summed E-state index contributed by atoms with van der Waals surface area (Å²) in [6, 6.07) is 16.2. The molecule has 2 aromatic rings. The summed E-state index contributed by atoms with van der Waals surface area (Å²) < 4.78 is 1.14. The van der Waals surface area contributed by atoms with E-state index in [4.69, 9.17) is 11.6 Å². The van der Waals surface area contributed by atoms with Gasteiger partial charge in [-0.2, -0.15) is 0 Å². The van der Waals surface area contributed by atoms with Crippen LogP contribution in [0.3, 0.4) is 0 Å². The lowest BCUT2D eigenvalue weighted by Gasteiger charge is -2.04. The molecule has 16 heavy (non-hydrogen) atoms. The summed E-state index contributed by atoms with van der Waals surface area (Å²) in [5, 5.41) is 0.797. The normalized spacial score (nSPS) is 10.4. The van der Waals surface area contributed by atoms with E-state index < -0.39 is 0 Å². The second-order valence-electron chi connectivity index (χ2n) is 3.35. The van der Waals surface area contributed by atoms with Gasteiger partial charge in [-0.15, -0.1) is 11.8 Å². The van der Waals surface area contributed by atoms with Crippen molar-refractivity contribution in [3.05, 3.63) is 63.6 Å². The Labute approximate surface area is 113 Å². The maximum Gasteiger partial charge on any atom is 0.0409 e. The highest BCUT2D eigenvalue weighted by Crippen LogP contribution is 2.30. The molecule has 0 N–H and O–H groups in total. The largest absolute Gasteiger partial charge is 0.120 e. The number of hydrogen-bond donors (Lipinski definition) is 0. The average Bonchev–Trinajstić information content (AvgIpc) is 2.28. The number of hydrogen-bond acceptors (Lipinski definition) is 1. The Morgan fingerprint density at radius 3 is 2.62 bits per heavy atom. The van der Waals surface area contributed by atoms with Gasteiger partial charge >= 0.3 is 0 Å². The van der Waals surface area contributed by atoms with Crippen LogP contribution in [0.15, 0.2) is 57.9 Å². The smallest absolute Gasteiger partial charge is 0.0409 e. The average molecular weight is 314 g/mol. The molecule has 0 aliphatic carbocycles.